The molecular formula is C18H22N4O2S. The summed E-state index contributed by atoms with van der Waals surface area (Å²) in [7, 11) is 0. The quantitative estimate of drug-likeness (QED) is 0.912. The van der Waals surface area contributed by atoms with Crippen molar-refractivity contribution in [2.45, 2.75) is 45.8 Å². The fourth-order valence-electron chi connectivity index (χ4n) is 3.35. The highest BCUT2D eigenvalue weighted by molar-refractivity contribution is 7.10. The lowest BCUT2D eigenvalue weighted by molar-refractivity contribution is -0.139. The van der Waals surface area contributed by atoms with Crippen molar-refractivity contribution in [3.63, 3.8) is 0 Å². The molecule has 0 atom stereocenters. The molecule has 0 radical (unpaired) electrons. The van der Waals surface area contributed by atoms with Crippen molar-refractivity contribution in [1.82, 2.24) is 20.0 Å². The Kier molecular flexibility index (Phi) is 4.33. The number of amides is 2. The maximum absolute atomic E-state index is 12.4. The van der Waals surface area contributed by atoms with Crippen LogP contribution < -0.4 is 5.32 Å². The minimum absolute atomic E-state index is 0.0721. The van der Waals surface area contributed by atoms with E-state index in [9.17, 15) is 9.59 Å². The van der Waals surface area contributed by atoms with E-state index >= 15 is 0 Å². The van der Waals surface area contributed by atoms with Gasteiger partial charge in [-0.3, -0.25) is 14.3 Å². The molecule has 0 unspecified atom stereocenters. The van der Waals surface area contributed by atoms with Crippen LogP contribution in [0.15, 0.2) is 17.5 Å². The van der Waals surface area contributed by atoms with Crippen LogP contribution in [0.2, 0.25) is 0 Å². The summed E-state index contributed by atoms with van der Waals surface area (Å²) in [6.07, 6.45) is 3.25. The van der Waals surface area contributed by atoms with Crippen LogP contribution >= 0.6 is 11.3 Å². The fourth-order valence-corrected chi connectivity index (χ4v) is 4.03. The van der Waals surface area contributed by atoms with E-state index in [1.807, 2.05) is 34.0 Å². The zero-order chi connectivity index (χ0) is 17.4. The van der Waals surface area contributed by atoms with E-state index < -0.39 is 0 Å². The van der Waals surface area contributed by atoms with Crippen LogP contribution in [-0.4, -0.2) is 33.0 Å². The first kappa shape index (κ1) is 16.3. The molecule has 0 aromatic carbocycles. The number of nitrogens with zero attached hydrogens (tertiary/aromatic N) is 3. The molecule has 25 heavy (non-hydrogen) atoms. The van der Waals surface area contributed by atoms with E-state index in [0.717, 1.165) is 42.2 Å². The second kappa shape index (κ2) is 6.63. The number of rotatable bonds is 4. The first-order valence-corrected chi connectivity index (χ1v) is 9.66. The van der Waals surface area contributed by atoms with Gasteiger partial charge < -0.3 is 10.2 Å². The van der Waals surface area contributed by atoms with Gasteiger partial charge in [0.2, 0.25) is 5.91 Å². The molecule has 132 valence electrons. The Morgan fingerprint density at radius 3 is 2.84 bits per heavy atom. The van der Waals surface area contributed by atoms with Crippen LogP contribution in [-0.2, 0) is 24.4 Å². The summed E-state index contributed by atoms with van der Waals surface area (Å²) < 4.78 is 1.96. The number of hydrogen-bond acceptors (Lipinski definition) is 4. The monoisotopic (exact) mass is 358 g/mol. The Bertz CT molecular complexity index is 806. The molecule has 2 aromatic rings. The summed E-state index contributed by atoms with van der Waals surface area (Å²) >= 11 is 1.57. The lowest BCUT2D eigenvalue weighted by Gasteiger charge is -2.34. The standard InChI is InChI=1S/C18H22N4O2S/c1-12-7-14(11-25-12)17(23)19-9-15-8-16-10-21(5-6-22(16)20-15)18(24)13-3-2-4-13/h7-8,11,13H,2-6,9-10H2,1H3,(H,19,23). The average molecular weight is 358 g/mol. The molecule has 6 nitrogen and oxygen atoms in total. The van der Waals surface area contributed by atoms with E-state index in [-0.39, 0.29) is 11.8 Å². The van der Waals surface area contributed by atoms with E-state index in [2.05, 4.69) is 10.4 Å². The van der Waals surface area contributed by atoms with Crippen LogP contribution in [0, 0.1) is 12.8 Å². The fraction of sp³-hybridized carbons (Fsp3) is 0.500. The molecule has 1 N–H and O–H groups in total. The van der Waals surface area contributed by atoms with Gasteiger partial charge in [0.25, 0.3) is 5.91 Å². The van der Waals surface area contributed by atoms with Crippen molar-refractivity contribution in [2.24, 2.45) is 5.92 Å². The summed E-state index contributed by atoms with van der Waals surface area (Å²) in [6, 6.07) is 3.89. The van der Waals surface area contributed by atoms with Gasteiger partial charge in [-0.25, -0.2) is 0 Å². The number of hydrogen-bond donors (Lipinski definition) is 1. The molecule has 4 rings (SSSR count). The van der Waals surface area contributed by atoms with Gasteiger partial charge in [0.05, 0.1) is 36.6 Å². The third kappa shape index (κ3) is 3.33. The number of carbonyl (C=O) groups is 2. The lowest BCUT2D eigenvalue weighted by Crippen LogP contribution is -2.43. The van der Waals surface area contributed by atoms with Crippen molar-refractivity contribution >= 4 is 23.2 Å². The third-order valence-electron chi connectivity index (χ3n) is 5.04. The predicted octanol–water partition coefficient (Wildman–Crippen LogP) is 2.33. The SMILES string of the molecule is Cc1cc(C(=O)NCc2cc3n(n2)CCN(C(=O)C2CCC2)C3)cs1. The van der Waals surface area contributed by atoms with Gasteiger partial charge in [-0.15, -0.1) is 11.3 Å². The maximum Gasteiger partial charge on any atom is 0.252 e. The van der Waals surface area contributed by atoms with E-state index in [0.29, 0.717) is 24.6 Å². The van der Waals surface area contributed by atoms with Crippen molar-refractivity contribution in [1.29, 1.82) is 0 Å². The smallest absolute Gasteiger partial charge is 0.252 e. The second-order valence-electron chi connectivity index (χ2n) is 6.87. The molecule has 3 heterocycles. The number of nitrogens with one attached hydrogen (secondary N) is 1. The number of thiophene rings is 1. The molecule has 0 saturated heterocycles. The van der Waals surface area contributed by atoms with Crippen LogP contribution in [0.4, 0.5) is 0 Å². The molecule has 2 amide bonds. The largest absolute Gasteiger partial charge is 0.346 e. The van der Waals surface area contributed by atoms with Crippen molar-refractivity contribution in [3.05, 3.63) is 39.3 Å². The predicted molar refractivity (Wildman–Crippen MR) is 95.2 cm³/mol. The molecule has 1 aliphatic heterocycles. The molecule has 0 bridgehead atoms. The zero-order valence-corrected chi connectivity index (χ0v) is 15.1. The topological polar surface area (TPSA) is 67.2 Å². The van der Waals surface area contributed by atoms with Crippen molar-refractivity contribution in [2.75, 3.05) is 6.54 Å². The number of fused-ring (bicyclic) bond motifs is 1. The molecule has 1 aliphatic carbocycles. The first-order valence-electron chi connectivity index (χ1n) is 8.78. The van der Waals surface area contributed by atoms with Crippen LogP contribution in [0.5, 0.6) is 0 Å². The summed E-state index contributed by atoms with van der Waals surface area (Å²) in [5.74, 6) is 0.459. The molecule has 0 spiro atoms. The molecule has 2 aliphatic rings. The second-order valence-corrected chi connectivity index (χ2v) is 7.98. The van der Waals surface area contributed by atoms with Gasteiger partial charge in [-0.1, -0.05) is 6.42 Å². The first-order chi connectivity index (χ1) is 12.1. The molecular weight excluding hydrogens is 336 g/mol. The van der Waals surface area contributed by atoms with Gasteiger partial charge >= 0.3 is 0 Å². The number of carbonyl (C=O) groups excluding carboxylic acids is 2. The van der Waals surface area contributed by atoms with E-state index in [1.54, 1.807) is 11.3 Å². The van der Waals surface area contributed by atoms with Gasteiger partial charge in [0.1, 0.15) is 0 Å². The summed E-state index contributed by atoms with van der Waals surface area (Å²) in [6.45, 7) is 4.47. The Hall–Kier alpha value is -2.15. The minimum Gasteiger partial charge on any atom is -0.346 e. The molecule has 7 heteroatoms. The maximum atomic E-state index is 12.4. The Balaban J connectivity index is 1.37. The van der Waals surface area contributed by atoms with Crippen LogP contribution in [0.25, 0.3) is 0 Å². The highest BCUT2D eigenvalue weighted by Crippen LogP contribution is 2.29. The summed E-state index contributed by atoms with van der Waals surface area (Å²) in [5, 5.41) is 9.35. The zero-order valence-electron chi connectivity index (χ0n) is 14.3. The van der Waals surface area contributed by atoms with E-state index in [4.69, 9.17) is 0 Å². The van der Waals surface area contributed by atoms with Crippen molar-refractivity contribution < 1.29 is 9.59 Å². The van der Waals surface area contributed by atoms with Gasteiger partial charge in [0, 0.05) is 22.7 Å². The Labute approximate surface area is 150 Å². The van der Waals surface area contributed by atoms with Gasteiger partial charge in [-0.2, -0.15) is 5.10 Å². The molecule has 1 fully saturated rings. The van der Waals surface area contributed by atoms with Gasteiger partial charge in [0.15, 0.2) is 0 Å². The normalized spacial score (nSPS) is 17.1. The van der Waals surface area contributed by atoms with Crippen LogP contribution in [0.3, 0.4) is 0 Å². The number of aromatic nitrogens is 2. The average Bonchev–Trinajstić information content (AvgIpc) is 3.15. The lowest BCUT2D eigenvalue weighted by atomic mass is 9.84. The van der Waals surface area contributed by atoms with Crippen molar-refractivity contribution in [3.8, 4) is 0 Å². The van der Waals surface area contributed by atoms with Gasteiger partial charge in [-0.05, 0) is 31.9 Å². The summed E-state index contributed by atoms with van der Waals surface area (Å²) in [4.78, 5) is 27.6. The Morgan fingerprint density at radius 2 is 2.16 bits per heavy atom. The third-order valence-corrected chi connectivity index (χ3v) is 5.90. The molecule has 1 saturated carbocycles. The Morgan fingerprint density at radius 1 is 1.32 bits per heavy atom. The molecule has 2 aromatic heterocycles. The number of aryl methyl sites for hydroxylation is 1. The highest BCUT2D eigenvalue weighted by atomic mass is 32.1. The highest BCUT2D eigenvalue weighted by Gasteiger charge is 2.31. The van der Waals surface area contributed by atoms with E-state index in [1.165, 1.54) is 6.42 Å². The van der Waals surface area contributed by atoms with Crippen LogP contribution in [0.1, 0.15) is 45.9 Å². The summed E-state index contributed by atoms with van der Waals surface area (Å²) in [5.41, 5.74) is 2.59. The minimum atomic E-state index is -0.0721.